The Labute approximate surface area is 439 Å². The number of carbonyl (C=O) groups excluding carboxylic acids is 4. The van der Waals surface area contributed by atoms with E-state index in [0.29, 0.717) is 47.0 Å². The maximum absolute atomic E-state index is 13.6. The van der Waals surface area contributed by atoms with Gasteiger partial charge in [-0.05, 0) is 102 Å². The van der Waals surface area contributed by atoms with E-state index in [9.17, 15) is 58.8 Å². The molecule has 8 unspecified atom stereocenters. The molecule has 0 bridgehead atoms. The van der Waals surface area contributed by atoms with Crippen LogP contribution in [0.15, 0.2) is 0 Å². The van der Waals surface area contributed by atoms with Gasteiger partial charge in [0.05, 0.1) is 50.1 Å². The van der Waals surface area contributed by atoms with Crippen LogP contribution >= 0.6 is 95.9 Å². The van der Waals surface area contributed by atoms with Crippen molar-refractivity contribution in [3.05, 3.63) is 0 Å². The smallest absolute Gasteiger partial charge is 0.317 e. The molecule has 0 aliphatic carbocycles. The molecule has 4 N–H and O–H groups in total. The standard InChI is InChI=1S/C41H60O20S8/c1-9-54-37(62)66-25(29(42)43)13-21(5)33(50)58-17-41(18-59-34(51)22(6)14-26(30(44)45)67-38(63)55-10-2,19-60-35(52)23(7)15-27(31(46)47)68-39(64)56-11-3)20-61-36(53)24(8)16-28(32(48)49)69-40(65)57-12-4/h21-28H,9-20H2,1-8H3,(H,42,43)(H,44,45)(H,46,47)(H,48,49). The predicted molar refractivity (Wildman–Crippen MR) is 274 cm³/mol. The summed E-state index contributed by atoms with van der Waals surface area (Å²) in [6.45, 7) is 9.39. The van der Waals surface area contributed by atoms with Gasteiger partial charge < -0.3 is 58.3 Å². The van der Waals surface area contributed by atoms with Crippen LogP contribution < -0.4 is 0 Å². The van der Waals surface area contributed by atoms with Gasteiger partial charge >= 0.3 is 47.8 Å². The number of thiocarbonyl (C=S) groups is 4. The number of esters is 4. The van der Waals surface area contributed by atoms with E-state index >= 15 is 0 Å². The summed E-state index contributed by atoms with van der Waals surface area (Å²) in [4.78, 5) is 103. The van der Waals surface area contributed by atoms with Crippen molar-refractivity contribution in [3.8, 4) is 0 Å². The van der Waals surface area contributed by atoms with Crippen LogP contribution in [0.4, 0.5) is 0 Å². The Morgan fingerprint density at radius 2 is 0.551 bits per heavy atom. The van der Waals surface area contributed by atoms with Crippen LogP contribution in [-0.4, -0.2) is 160 Å². The lowest BCUT2D eigenvalue weighted by Crippen LogP contribution is -2.45. The lowest BCUT2D eigenvalue weighted by Gasteiger charge is -2.33. The zero-order valence-corrected chi connectivity index (χ0v) is 45.7. The summed E-state index contributed by atoms with van der Waals surface area (Å²) in [5, 5.41) is 34.4. The normalized spacial score (nSPS) is 15.3. The van der Waals surface area contributed by atoms with Crippen LogP contribution in [0, 0.1) is 29.1 Å². The highest BCUT2D eigenvalue weighted by atomic mass is 32.2. The number of rotatable bonds is 32. The second-order valence-electron chi connectivity index (χ2n) is 15.0. The first-order valence-electron chi connectivity index (χ1n) is 21.2. The number of hydrogen-bond acceptors (Lipinski definition) is 24. The zero-order chi connectivity index (χ0) is 53.0. The number of ether oxygens (including phenoxy) is 8. The van der Waals surface area contributed by atoms with Gasteiger partial charge in [0.25, 0.3) is 0 Å². The molecule has 0 heterocycles. The molecule has 69 heavy (non-hydrogen) atoms. The lowest BCUT2D eigenvalue weighted by atomic mass is 9.91. The minimum atomic E-state index is -1.97. The number of hydrogen-bond donors (Lipinski definition) is 4. The van der Waals surface area contributed by atoms with Crippen molar-refractivity contribution in [1.29, 1.82) is 0 Å². The van der Waals surface area contributed by atoms with Crippen molar-refractivity contribution in [1.82, 2.24) is 0 Å². The molecule has 0 saturated heterocycles. The third kappa shape index (κ3) is 27.2. The van der Waals surface area contributed by atoms with E-state index in [0.717, 1.165) is 0 Å². The largest absolute Gasteiger partial charge is 0.480 e. The topological polar surface area (TPSA) is 291 Å². The third-order valence-corrected chi connectivity index (χ3v) is 14.6. The van der Waals surface area contributed by atoms with Crippen LogP contribution in [-0.2, 0) is 76.3 Å². The number of thioether (sulfide) groups is 4. The van der Waals surface area contributed by atoms with Crippen molar-refractivity contribution in [3.63, 3.8) is 0 Å². The molecular formula is C41H60O20S8. The van der Waals surface area contributed by atoms with Crippen molar-refractivity contribution in [2.45, 2.75) is 102 Å². The minimum Gasteiger partial charge on any atom is -0.480 e. The third-order valence-electron chi connectivity index (χ3n) is 9.07. The molecule has 0 aromatic rings. The monoisotopic (exact) mass is 1130 g/mol. The fourth-order valence-electron chi connectivity index (χ4n) is 5.25. The van der Waals surface area contributed by atoms with Gasteiger partial charge in [0, 0.05) is 0 Å². The molecule has 0 aliphatic heterocycles. The minimum absolute atomic E-state index is 0.0755. The van der Waals surface area contributed by atoms with E-state index < -0.39 is 124 Å². The second kappa shape index (κ2) is 34.9. The van der Waals surface area contributed by atoms with Gasteiger partial charge in [0.1, 0.15) is 52.8 Å². The summed E-state index contributed by atoms with van der Waals surface area (Å²) in [6.07, 6.45) is -1.26. The van der Waals surface area contributed by atoms with Gasteiger partial charge in [0.15, 0.2) is 0 Å². The Balaban J connectivity index is 7.14. The highest BCUT2D eigenvalue weighted by molar-refractivity contribution is 8.24. The average molecular weight is 1130 g/mol. The first kappa shape index (κ1) is 65.7. The fraction of sp³-hybridized carbons (Fsp3) is 0.707. The Hall–Kier alpha value is -3.28. The fourth-order valence-corrected chi connectivity index (χ4v) is 10.7. The van der Waals surface area contributed by atoms with Crippen molar-refractivity contribution in [2.75, 3.05) is 52.9 Å². The molecule has 0 aromatic heterocycles. The predicted octanol–water partition coefficient (Wildman–Crippen LogP) is 6.28. The number of carboxylic acids is 4. The van der Waals surface area contributed by atoms with Crippen LogP contribution in [0.3, 0.4) is 0 Å². The van der Waals surface area contributed by atoms with E-state index in [-0.39, 0.29) is 69.6 Å². The van der Waals surface area contributed by atoms with E-state index in [1.807, 2.05) is 0 Å². The first-order valence-corrected chi connectivity index (χ1v) is 26.3. The summed E-state index contributed by atoms with van der Waals surface area (Å²) in [5.41, 5.74) is -1.97. The molecule has 0 aliphatic rings. The zero-order valence-electron chi connectivity index (χ0n) is 39.2. The molecule has 0 aromatic carbocycles. The Morgan fingerprint density at radius 3 is 0.696 bits per heavy atom. The molecule has 0 spiro atoms. The maximum atomic E-state index is 13.6. The average Bonchev–Trinajstić information content (AvgIpc) is 3.26. The molecule has 0 rings (SSSR count). The van der Waals surface area contributed by atoms with Gasteiger partial charge in [-0.2, -0.15) is 0 Å². The highest BCUT2D eigenvalue weighted by Crippen LogP contribution is 2.30. The van der Waals surface area contributed by atoms with Crippen LogP contribution in [0.25, 0.3) is 0 Å². The molecule has 20 nitrogen and oxygen atoms in total. The maximum Gasteiger partial charge on any atom is 0.317 e. The number of carboxylic acid groups (broad SMARTS) is 4. The second-order valence-corrected chi connectivity index (χ2v) is 22.2. The molecule has 0 radical (unpaired) electrons. The van der Waals surface area contributed by atoms with Crippen molar-refractivity contribution in [2.24, 2.45) is 29.1 Å². The van der Waals surface area contributed by atoms with E-state index in [2.05, 4.69) is 0 Å². The summed E-state index contributed by atoms with van der Waals surface area (Å²) in [7, 11) is 0. The summed E-state index contributed by atoms with van der Waals surface area (Å²) in [6, 6.07) is 0. The van der Waals surface area contributed by atoms with Gasteiger partial charge in [-0.15, -0.1) is 0 Å². The quantitative estimate of drug-likeness (QED) is 0.0327. The van der Waals surface area contributed by atoms with Gasteiger partial charge in [-0.3, -0.25) is 38.4 Å². The van der Waals surface area contributed by atoms with Gasteiger partial charge in [-0.25, -0.2) is 0 Å². The molecule has 8 atom stereocenters. The number of aliphatic carboxylic acids is 4. The lowest BCUT2D eigenvalue weighted by molar-refractivity contribution is -0.175. The summed E-state index contributed by atoms with van der Waals surface area (Å²) >= 11 is 23.1. The Bertz CT molecular complexity index is 1550. The first-order chi connectivity index (χ1) is 32.3. The summed E-state index contributed by atoms with van der Waals surface area (Å²) < 4.78 is 43.1. The molecule has 0 fully saturated rings. The van der Waals surface area contributed by atoms with Crippen LogP contribution in [0.2, 0.25) is 0 Å². The molecule has 28 heteroatoms. The summed E-state index contributed by atoms with van der Waals surface area (Å²) in [5.74, 6) is -13.7. The van der Waals surface area contributed by atoms with E-state index in [1.54, 1.807) is 27.7 Å². The van der Waals surface area contributed by atoms with Crippen LogP contribution in [0.1, 0.15) is 81.1 Å². The van der Waals surface area contributed by atoms with Gasteiger partial charge in [-0.1, -0.05) is 74.7 Å². The Kier molecular flexibility index (Phi) is 33.3. The van der Waals surface area contributed by atoms with Crippen LogP contribution in [0.5, 0.6) is 0 Å². The highest BCUT2D eigenvalue weighted by Gasteiger charge is 2.41. The van der Waals surface area contributed by atoms with Gasteiger partial charge in [0.2, 0.25) is 17.5 Å². The SMILES string of the molecule is CCOC(=S)SC(CC(C)C(=O)OCC(COC(=O)C(C)CC(SC(=S)OCC)C(=O)O)(COC(=O)C(C)CC(SC(=S)OCC)C(=O)O)COC(=O)C(C)CC(SC(=S)OCC)C(=O)O)C(=O)O. The van der Waals surface area contributed by atoms with Crippen molar-refractivity contribution < 1.29 is 96.7 Å². The Morgan fingerprint density at radius 1 is 0.377 bits per heavy atom. The van der Waals surface area contributed by atoms with E-state index in [1.165, 1.54) is 27.7 Å². The number of carbonyl (C=O) groups is 8. The van der Waals surface area contributed by atoms with E-state index in [4.69, 9.17) is 86.8 Å². The molecule has 0 amide bonds. The molecule has 0 saturated carbocycles. The van der Waals surface area contributed by atoms with Crippen molar-refractivity contribution >= 4 is 161 Å². The molecular weight excluding hydrogens is 1070 g/mol. The molecule has 392 valence electrons.